The molecule has 0 aliphatic rings. The average molecular weight is 383 g/mol. The van der Waals surface area contributed by atoms with E-state index in [9.17, 15) is 4.79 Å². The maximum Gasteiger partial charge on any atom is 0.267 e. The lowest BCUT2D eigenvalue weighted by molar-refractivity contribution is 0.103. The third kappa shape index (κ3) is 2.62. The summed E-state index contributed by atoms with van der Waals surface area (Å²) in [5.74, 6) is -0.279. The highest BCUT2D eigenvalue weighted by atomic mass is 79.9. The zero-order valence-corrected chi connectivity index (χ0v) is 13.7. The monoisotopic (exact) mass is 381 g/mol. The molecule has 0 aliphatic carbocycles. The van der Waals surface area contributed by atoms with E-state index in [0.29, 0.717) is 31.3 Å². The molecule has 106 valence electrons. The number of rotatable bonds is 2. The minimum absolute atomic E-state index is 0.279. The van der Waals surface area contributed by atoms with Gasteiger partial charge in [-0.2, -0.15) is 0 Å². The quantitative estimate of drug-likeness (QED) is 0.683. The van der Waals surface area contributed by atoms with Crippen LogP contribution in [0.5, 0.6) is 0 Å². The van der Waals surface area contributed by atoms with Gasteiger partial charge in [0.2, 0.25) is 0 Å². The first-order valence-corrected chi connectivity index (χ1v) is 7.95. The van der Waals surface area contributed by atoms with E-state index in [2.05, 4.69) is 26.2 Å². The lowest BCUT2D eigenvalue weighted by atomic mass is 10.3. The number of halogens is 2. The number of hydrogen-bond acceptors (Lipinski definition) is 4. The van der Waals surface area contributed by atoms with Gasteiger partial charge in [0.25, 0.3) is 5.91 Å². The van der Waals surface area contributed by atoms with Gasteiger partial charge in [-0.15, -0.1) is 11.3 Å². The number of thiophene rings is 1. The molecule has 7 heteroatoms. The van der Waals surface area contributed by atoms with E-state index < -0.39 is 0 Å². The molecule has 0 unspecified atom stereocenters. The number of carbonyl (C=O) groups is 1. The number of anilines is 2. The van der Waals surface area contributed by atoms with Crippen molar-refractivity contribution in [1.82, 2.24) is 4.98 Å². The number of carbonyl (C=O) groups excluding carboxylic acids is 1. The zero-order chi connectivity index (χ0) is 15.0. The molecule has 21 heavy (non-hydrogen) atoms. The number of benzene rings is 1. The Morgan fingerprint density at radius 2 is 2.14 bits per heavy atom. The van der Waals surface area contributed by atoms with Crippen molar-refractivity contribution < 1.29 is 4.79 Å². The molecular weight excluding hydrogens is 374 g/mol. The van der Waals surface area contributed by atoms with Crippen LogP contribution in [0.1, 0.15) is 9.67 Å². The number of aromatic nitrogens is 1. The molecule has 0 radical (unpaired) electrons. The Kier molecular flexibility index (Phi) is 3.84. The lowest BCUT2D eigenvalue weighted by Crippen LogP contribution is -2.12. The van der Waals surface area contributed by atoms with Gasteiger partial charge < -0.3 is 11.1 Å². The molecule has 3 aromatic rings. The molecule has 4 nitrogen and oxygen atoms in total. The number of pyridine rings is 1. The summed E-state index contributed by atoms with van der Waals surface area (Å²) in [7, 11) is 0. The summed E-state index contributed by atoms with van der Waals surface area (Å²) < 4.78 is 1.52. The van der Waals surface area contributed by atoms with Crippen LogP contribution in [0.2, 0.25) is 5.02 Å². The van der Waals surface area contributed by atoms with E-state index in [1.165, 1.54) is 11.3 Å². The molecule has 0 spiro atoms. The predicted octanol–water partition coefficient (Wildman–Crippen LogP) is 4.55. The molecule has 2 heterocycles. The topological polar surface area (TPSA) is 68.0 Å². The molecule has 3 N–H and O–H groups in total. The van der Waals surface area contributed by atoms with Gasteiger partial charge in [-0.3, -0.25) is 9.78 Å². The van der Waals surface area contributed by atoms with Crippen LogP contribution in [0.25, 0.3) is 10.2 Å². The largest absolute Gasteiger partial charge is 0.396 e. The summed E-state index contributed by atoms with van der Waals surface area (Å²) in [6.07, 6.45) is 1.65. The van der Waals surface area contributed by atoms with Crippen LogP contribution in [0.4, 0.5) is 11.4 Å². The van der Waals surface area contributed by atoms with Crippen molar-refractivity contribution in [3.05, 3.63) is 50.9 Å². The van der Waals surface area contributed by atoms with Crippen LogP contribution >= 0.6 is 38.9 Å². The van der Waals surface area contributed by atoms with Gasteiger partial charge in [0.15, 0.2) is 0 Å². The summed E-state index contributed by atoms with van der Waals surface area (Å²) in [5, 5.41) is 3.33. The first-order valence-electron chi connectivity index (χ1n) is 5.96. The molecule has 0 saturated heterocycles. The maximum absolute atomic E-state index is 12.4. The van der Waals surface area contributed by atoms with Crippen molar-refractivity contribution in [3.63, 3.8) is 0 Å². The van der Waals surface area contributed by atoms with Gasteiger partial charge in [-0.1, -0.05) is 17.7 Å². The second-order valence-electron chi connectivity index (χ2n) is 4.25. The summed E-state index contributed by atoms with van der Waals surface area (Å²) >= 11 is 10.7. The highest BCUT2D eigenvalue weighted by molar-refractivity contribution is 9.10. The molecular formula is C14H9BrClN3OS. The standard InChI is InChI=1S/C14H9BrClN3OS/c15-10-7(16)3-1-4-8(10)19-14(20)13-11(17)12-9(21-13)5-2-6-18-12/h1-6H,17H2,(H,19,20). The molecule has 3 rings (SSSR count). The lowest BCUT2D eigenvalue weighted by Gasteiger charge is -2.07. The molecule has 0 aliphatic heterocycles. The summed E-state index contributed by atoms with van der Waals surface area (Å²) in [4.78, 5) is 17.0. The van der Waals surface area contributed by atoms with E-state index in [1.807, 2.05) is 12.1 Å². The fourth-order valence-electron chi connectivity index (χ4n) is 1.90. The van der Waals surface area contributed by atoms with Crippen LogP contribution in [0, 0.1) is 0 Å². The zero-order valence-electron chi connectivity index (χ0n) is 10.6. The maximum atomic E-state index is 12.4. The molecule has 1 aromatic carbocycles. The minimum atomic E-state index is -0.279. The van der Waals surface area contributed by atoms with Crippen molar-refractivity contribution in [2.45, 2.75) is 0 Å². The van der Waals surface area contributed by atoms with Crippen molar-refractivity contribution in [1.29, 1.82) is 0 Å². The first kappa shape index (κ1) is 14.3. The highest BCUT2D eigenvalue weighted by Crippen LogP contribution is 2.34. The summed E-state index contributed by atoms with van der Waals surface area (Å²) in [6, 6.07) is 8.95. The van der Waals surface area contributed by atoms with Gasteiger partial charge in [-0.05, 0) is 40.2 Å². The number of fused-ring (bicyclic) bond motifs is 1. The van der Waals surface area contributed by atoms with Gasteiger partial charge in [0.1, 0.15) is 10.4 Å². The number of hydrogen-bond donors (Lipinski definition) is 2. The summed E-state index contributed by atoms with van der Waals surface area (Å²) in [6.45, 7) is 0. The van der Waals surface area contributed by atoms with Crippen molar-refractivity contribution in [2.24, 2.45) is 0 Å². The fraction of sp³-hybridized carbons (Fsp3) is 0. The van der Waals surface area contributed by atoms with Crippen LogP contribution in [-0.2, 0) is 0 Å². The highest BCUT2D eigenvalue weighted by Gasteiger charge is 2.18. The van der Waals surface area contributed by atoms with Crippen LogP contribution in [0.3, 0.4) is 0 Å². The second-order valence-corrected chi connectivity index (χ2v) is 6.50. The Morgan fingerprint density at radius 1 is 1.33 bits per heavy atom. The Hall–Kier alpha value is -1.63. The molecule has 2 aromatic heterocycles. The minimum Gasteiger partial charge on any atom is -0.396 e. The number of nitrogen functional groups attached to an aromatic ring is 1. The van der Waals surface area contributed by atoms with Crippen LogP contribution in [0.15, 0.2) is 41.0 Å². The number of nitrogens with one attached hydrogen (secondary N) is 1. The van der Waals surface area contributed by atoms with Crippen molar-refractivity contribution >= 4 is 66.4 Å². The van der Waals surface area contributed by atoms with Crippen molar-refractivity contribution in [2.75, 3.05) is 11.1 Å². The second kappa shape index (κ2) is 5.63. The van der Waals surface area contributed by atoms with E-state index in [4.69, 9.17) is 17.3 Å². The average Bonchev–Trinajstić information content (AvgIpc) is 2.82. The number of amides is 1. The van der Waals surface area contributed by atoms with Crippen molar-refractivity contribution in [3.8, 4) is 0 Å². The smallest absolute Gasteiger partial charge is 0.267 e. The van der Waals surface area contributed by atoms with E-state index in [0.717, 1.165) is 4.70 Å². The SMILES string of the molecule is Nc1c(C(=O)Nc2cccc(Cl)c2Br)sc2cccnc12. The van der Waals surface area contributed by atoms with Gasteiger partial charge in [0.05, 0.1) is 25.6 Å². The normalized spacial score (nSPS) is 10.8. The molecule has 0 bridgehead atoms. The van der Waals surface area contributed by atoms with Gasteiger partial charge in [-0.25, -0.2) is 0 Å². The van der Waals surface area contributed by atoms with Gasteiger partial charge in [0, 0.05) is 6.20 Å². The Labute approximate surface area is 138 Å². The van der Waals surface area contributed by atoms with E-state index in [1.54, 1.807) is 24.4 Å². The van der Waals surface area contributed by atoms with Crippen LogP contribution in [-0.4, -0.2) is 10.9 Å². The Morgan fingerprint density at radius 3 is 2.90 bits per heavy atom. The Bertz CT molecular complexity index is 849. The number of nitrogens with zero attached hydrogens (tertiary/aromatic N) is 1. The summed E-state index contributed by atoms with van der Waals surface area (Å²) in [5.41, 5.74) is 7.65. The Balaban J connectivity index is 1.97. The molecule has 0 atom stereocenters. The van der Waals surface area contributed by atoms with Gasteiger partial charge >= 0.3 is 0 Å². The molecule has 0 fully saturated rings. The molecule has 0 saturated carbocycles. The molecule has 1 amide bonds. The van der Waals surface area contributed by atoms with E-state index in [-0.39, 0.29) is 5.91 Å². The third-order valence-electron chi connectivity index (χ3n) is 2.89. The fourth-order valence-corrected chi connectivity index (χ4v) is 3.41. The first-order chi connectivity index (χ1) is 10.1. The van der Waals surface area contributed by atoms with Crippen LogP contribution < -0.4 is 11.1 Å². The third-order valence-corrected chi connectivity index (χ3v) is 5.44. The number of nitrogens with two attached hydrogens (primary N) is 1. The van der Waals surface area contributed by atoms with E-state index >= 15 is 0 Å². The predicted molar refractivity (Wildman–Crippen MR) is 91.1 cm³/mol.